The first-order chi connectivity index (χ1) is 7.66. The van der Waals surface area contributed by atoms with Crippen molar-refractivity contribution in [2.24, 2.45) is 5.41 Å². The first-order valence-corrected chi connectivity index (χ1v) is 8.15. The molecule has 1 unspecified atom stereocenters. The highest BCUT2D eigenvalue weighted by Gasteiger charge is 2.55. The van der Waals surface area contributed by atoms with Crippen LogP contribution in [0.15, 0.2) is 11.6 Å². The fourth-order valence-corrected chi connectivity index (χ4v) is 7.29. The van der Waals surface area contributed by atoms with E-state index in [1.165, 1.54) is 29.9 Å². The van der Waals surface area contributed by atoms with Crippen LogP contribution >= 0.6 is 23.5 Å². The molecule has 0 aromatic heterocycles. The molecular formula is C13H18OS2. The Bertz CT molecular complexity index is 355. The van der Waals surface area contributed by atoms with E-state index in [1.54, 1.807) is 0 Å². The number of thioether (sulfide) groups is 2. The molecule has 1 spiro atoms. The monoisotopic (exact) mass is 254 g/mol. The molecule has 3 heteroatoms. The largest absolute Gasteiger partial charge is 0.295 e. The summed E-state index contributed by atoms with van der Waals surface area (Å²) >= 11 is 4.32. The molecule has 1 atom stereocenters. The standard InChI is InChI=1S/C13H18OS2/c1-12-6-4-11(14)9-10(12)3-2-5-13(12)15-7-8-16-13/h9H,2-8H2,1H3. The highest BCUT2D eigenvalue weighted by atomic mass is 32.2. The van der Waals surface area contributed by atoms with Crippen LogP contribution < -0.4 is 0 Å². The van der Waals surface area contributed by atoms with Gasteiger partial charge < -0.3 is 0 Å². The fourth-order valence-electron chi connectivity index (χ4n) is 3.45. The van der Waals surface area contributed by atoms with Crippen molar-refractivity contribution in [1.29, 1.82) is 0 Å². The summed E-state index contributed by atoms with van der Waals surface area (Å²) in [5.74, 6) is 2.95. The number of carbonyl (C=O) groups is 1. The molecular weight excluding hydrogens is 236 g/mol. The van der Waals surface area contributed by atoms with E-state index in [9.17, 15) is 4.79 Å². The molecule has 0 bridgehead atoms. The van der Waals surface area contributed by atoms with E-state index in [4.69, 9.17) is 0 Å². The maximum atomic E-state index is 11.6. The molecule has 3 aliphatic rings. The van der Waals surface area contributed by atoms with Gasteiger partial charge in [-0.2, -0.15) is 0 Å². The first-order valence-electron chi connectivity index (χ1n) is 6.18. The van der Waals surface area contributed by atoms with E-state index in [0.717, 1.165) is 19.3 Å². The average Bonchev–Trinajstić information content (AvgIpc) is 2.72. The third-order valence-corrected chi connectivity index (χ3v) is 8.49. The lowest BCUT2D eigenvalue weighted by Gasteiger charge is -2.52. The SMILES string of the molecule is CC12CCC(=O)C=C1CCCC21SCCS1. The van der Waals surface area contributed by atoms with Gasteiger partial charge >= 0.3 is 0 Å². The topological polar surface area (TPSA) is 17.1 Å². The zero-order chi connectivity index (χ0) is 11.2. The molecule has 0 amide bonds. The molecule has 0 radical (unpaired) electrons. The predicted octanol–water partition coefficient (Wildman–Crippen LogP) is 3.64. The van der Waals surface area contributed by atoms with Gasteiger partial charge in [0, 0.05) is 23.3 Å². The third kappa shape index (κ3) is 1.43. The van der Waals surface area contributed by atoms with Gasteiger partial charge in [-0.15, -0.1) is 23.5 Å². The number of hydrogen-bond acceptors (Lipinski definition) is 3. The Morgan fingerprint density at radius 3 is 2.69 bits per heavy atom. The van der Waals surface area contributed by atoms with Crippen LogP contribution in [0.4, 0.5) is 0 Å². The normalized spacial score (nSPS) is 37.3. The second kappa shape index (κ2) is 3.81. The van der Waals surface area contributed by atoms with Gasteiger partial charge in [0.05, 0.1) is 4.08 Å². The highest BCUT2D eigenvalue weighted by Crippen LogP contribution is 2.65. The average molecular weight is 254 g/mol. The van der Waals surface area contributed by atoms with Crippen LogP contribution in [0.5, 0.6) is 0 Å². The highest BCUT2D eigenvalue weighted by molar-refractivity contribution is 8.21. The number of fused-ring (bicyclic) bond motifs is 2. The molecule has 16 heavy (non-hydrogen) atoms. The van der Waals surface area contributed by atoms with E-state index in [0.29, 0.717) is 15.3 Å². The van der Waals surface area contributed by atoms with E-state index < -0.39 is 0 Å². The molecule has 1 aliphatic heterocycles. The molecule has 2 aliphatic carbocycles. The van der Waals surface area contributed by atoms with E-state index in [-0.39, 0.29) is 0 Å². The van der Waals surface area contributed by atoms with Crippen LogP contribution in [-0.4, -0.2) is 21.4 Å². The second-order valence-electron chi connectivity index (χ2n) is 5.27. The molecule has 2 fully saturated rings. The van der Waals surface area contributed by atoms with Crippen LogP contribution in [0.2, 0.25) is 0 Å². The lowest BCUT2D eigenvalue weighted by molar-refractivity contribution is -0.115. The quantitative estimate of drug-likeness (QED) is 0.657. The van der Waals surface area contributed by atoms with Crippen LogP contribution in [0.1, 0.15) is 39.0 Å². The van der Waals surface area contributed by atoms with Gasteiger partial charge in [-0.25, -0.2) is 0 Å². The van der Waals surface area contributed by atoms with Crippen molar-refractivity contribution in [3.05, 3.63) is 11.6 Å². The summed E-state index contributed by atoms with van der Waals surface area (Å²) in [5.41, 5.74) is 1.75. The number of rotatable bonds is 0. The molecule has 1 heterocycles. The second-order valence-corrected chi connectivity index (χ2v) is 8.32. The van der Waals surface area contributed by atoms with Crippen LogP contribution in [0.25, 0.3) is 0 Å². The van der Waals surface area contributed by atoms with Crippen LogP contribution in [-0.2, 0) is 4.79 Å². The van der Waals surface area contributed by atoms with Crippen molar-refractivity contribution in [3.63, 3.8) is 0 Å². The van der Waals surface area contributed by atoms with Gasteiger partial charge in [0.25, 0.3) is 0 Å². The van der Waals surface area contributed by atoms with E-state index in [2.05, 4.69) is 30.4 Å². The Morgan fingerprint density at radius 2 is 1.94 bits per heavy atom. The maximum Gasteiger partial charge on any atom is 0.155 e. The Balaban J connectivity index is 2.03. The van der Waals surface area contributed by atoms with Crippen molar-refractivity contribution in [1.82, 2.24) is 0 Å². The molecule has 88 valence electrons. The summed E-state index contributed by atoms with van der Waals surface area (Å²) in [6.07, 6.45) is 7.59. The molecule has 1 nitrogen and oxygen atoms in total. The molecule has 0 N–H and O–H groups in total. The Kier molecular flexibility index (Phi) is 2.67. The summed E-state index contributed by atoms with van der Waals surface area (Å²) in [6, 6.07) is 0. The van der Waals surface area contributed by atoms with E-state index in [1.807, 2.05) is 6.08 Å². The van der Waals surface area contributed by atoms with Gasteiger partial charge in [-0.05, 0) is 31.8 Å². The minimum atomic E-state index is 0.297. The van der Waals surface area contributed by atoms with Crippen molar-refractivity contribution < 1.29 is 4.79 Å². The minimum absolute atomic E-state index is 0.297. The van der Waals surface area contributed by atoms with Crippen molar-refractivity contribution in [3.8, 4) is 0 Å². The van der Waals surface area contributed by atoms with Crippen molar-refractivity contribution >= 4 is 29.3 Å². The Hall–Kier alpha value is 0.110. The lowest BCUT2D eigenvalue weighted by Crippen LogP contribution is -2.46. The number of hydrogen-bond donors (Lipinski definition) is 0. The van der Waals surface area contributed by atoms with Crippen LogP contribution in [0, 0.1) is 5.41 Å². The summed E-state index contributed by atoms with van der Waals surface area (Å²) < 4.78 is 0.401. The predicted molar refractivity (Wildman–Crippen MR) is 71.9 cm³/mol. The molecule has 3 rings (SSSR count). The minimum Gasteiger partial charge on any atom is -0.295 e. The zero-order valence-corrected chi connectivity index (χ0v) is 11.4. The fraction of sp³-hybridized carbons (Fsp3) is 0.769. The third-order valence-electron chi connectivity index (χ3n) is 4.46. The maximum absolute atomic E-state index is 11.6. The zero-order valence-electron chi connectivity index (χ0n) is 9.75. The van der Waals surface area contributed by atoms with Crippen molar-refractivity contribution in [2.45, 2.75) is 43.1 Å². The molecule has 0 aromatic carbocycles. The summed E-state index contributed by atoms with van der Waals surface area (Å²) in [6.45, 7) is 2.41. The summed E-state index contributed by atoms with van der Waals surface area (Å²) in [5, 5.41) is 0. The van der Waals surface area contributed by atoms with Gasteiger partial charge in [0.2, 0.25) is 0 Å². The summed E-state index contributed by atoms with van der Waals surface area (Å²) in [4.78, 5) is 11.6. The van der Waals surface area contributed by atoms with Gasteiger partial charge in [0.1, 0.15) is 0 Å². The number of carbonyl (C=O) groups excluding carboxylic acids is 1. The molecule has 0 aromatic rings. The number of allylic oxidation sites excluding steroid dienone is 2. The Morgan fingerprint density at radius 1 is 1.19 bits per heavy atom. The van der Waals surface area contributed by atoms with Gasteiger partial charge in [0.15, 0.2) is 5.78 Å². The van der Waals surface area contributed by atoms with Gasteiger partial charge in [-0.3, -0.25) is 4.79 Å². The lowest BCUT2D eigenvalue weighted by atomic mass is 9.65. The summed E-state index contributed by atoms with van der Waals surface area (Å²) in [7, 11) is 0. The van der Waals surface area contributed by atoms with Gasteiger partial charge in [-0.1, -0.05) is 12.5 Å². The Labute approximate surface area is 106 Å². The number of ketones is 1. The molecule has 1 saturated heterocycles. The van der Waals surface area contributed by atoms with Crippen LogP contribution in [0.3, 0.4) is 0 Å². The smallest absolute Gasteiger partial charge is 0.155 e. The van der Waals surface area contributed by atoms with Crippen molar-refractivity contribution in [2.75, 3.05) is 11.5 Å². The molecule has 1 saturated carbocycles. The van der Waals surface area contributed by atoms with E-state index >= 15 is 0 Å². The first kappa shape index (κ1) is 11.2.